The average Bonchev–Trinajstić information content (AvgIpc) is 3.99. The monoisotopic (exact) mass is 997 g/mol. The summed E-state index contributed by atoms with van der Waals surface area (Å²) in [5.74, 6) is 0.933. The number of aryl methyl sites for hydroxylation is 1. The van der Waals surface area contributed by atoms with Crippen LogP contribution in [0.1, 0.15) is 94.3 Å². The molecule has 19 nitrogen and oxygen atoms in total. The molecule has 0 aliphatic carbocycles. The molecule has 0 unspecified atom stereocenters. The van der Waals surface area contributed by atoms with Gasteiger partial charge in [-0.2, -0.15) is 5.26 Å². The van der Waals surface area contributed by atoms with E-state index < -0.39 is 24.1 Å². The summed E-state index contributed by atoms with van der Waals surface area (Å²) in [7, 11) is 0. The lowest BCUT2D eigenvalue weighted by Crippen LogP contribution is -2.49. The van der Waals surface area contributed by atoms with Crippen LogP contribution in [-0.2, 0) is 27.5 Å². The molecule has 4 aliphatic rings. The summed E-state index contributed by atoms with van der Waals surface area (Å²) >= 11 is 8.38. The largest absolute Gasteiger partial charge is 0.490 e. The SMILES string of the molecule is Cc1cn([C@H](C(=O)N2C[C@H](O)C[C@H]2C(=O)NCc2ccc(C#N)cc2OC2CCN(C(=O)C3CCN(c4nccc(Sc5cnc(N6CCC(C)(CN)CC6)c(CO)n5)c4Cl)CC3)CC2)C(C)C)nn1. The van der Waals surface area contributed by atoms with Gasteiger partial charge in [0.1, 0.15) is 40.5 Å². The van der Waals surface area contributed by atoms with Crippen LogP contribution in [0.15, 0.2) is 52.8 Å². The summed E-state index contributed by atoms with van der Waals surface area (Å²) < 4.78 is 8.02. The van der Waals surface area contributed by atoms with E-state index in [2.05, 4.69) is 43.4 Å². The number of likely N-dealkylation sites (tertiary alicyclic amines) is 2. The summed E-state index contributed by atoms with van der Waals surface area (Å²) in [6.45, 7) is 12.2. The molecular weight excluding hydrogens is 934 g/mol. The number of nitrogens with two attached hydrogens (primary N) is 1. The van der Waals surface area contributed by atoms with Crippen molar-refractivity contribution >= 4 is 52.7 Å². The number of rotatable bonds is 15. The van der Waals surface area contributed by atoms with Crippen molar-refractivity contribution in [2.24, 2.45) is 23.0 Å². The molecule has 3 aromatic heterocycles. The number of pyridine rings is 1. The lowest BCUT2D eigenvalue weighted by Gasteiger charge is -2.39. The Balaban J connectivity index is 0.824. The van der Waals surface area contributed by atoms with Gasteiger partial charge in [-0.15, -0.1) is 5.10 Å². The molecule has 8 rings (SSSR count). The Morgan fingerprint density at radius 2 is 1.77 bits per heavy atom. The molecule has 3 amide bonds. The summed E-state index contributed by atoms with van der Waals surface area (Å²) in [6.07, 6.45) is 8.56. The Bertz CT molecular complexity index is 2550. The summed E-state index contributed by atoms with van der Waals surface area (Å²) in [5, 5.41) is 42.8. The second-order valence-electron chi connectivity index (χ2n) is 19.7. The molecular formula is C49H64ClN13O6S. The number of carbonyl (C=O) groups excluding carboxylic acids is 3. The molecule has 3 atom stereocenters. The maximum absolute atomic E-state index is 13.9. The van der Waals surface area contributed by atoms with E-state index in [0.29, 0.717) is 108 Å². The van der Waals surface area contributed by atoms with E-state index in [4.69, 9.17) is 32.0 Å². The normalized spacial score (nSPS) is 20.4. The van der Waals surface area contributed by atoms with Crippen molar-refractivity contribution in [3.8, 4) is 11.8 Å². The zero-order valence-corrected chi connectivity index (χ0v) is 41.9. The lowest BCUT2D eigenvalue weighted by atomic mass is 9.80. The van der Waals surface area contributed by atoms with Gasteiger partial charge < -0.3 is 45.6 Å². The van der Waals surface area contributed by atoms with Gasteiger partial charge in [-0.1, -0.05) is 55.4 Å². The van der Waals surface area contributed by atoms with Crippen molar-refractivity contribution in [2.45, 2.75) is 120 Å². The quantitative estimate of drug-likeness (QED) is 0.130. The number of hydrogen-bond acceptors (Lipinski definition) is 16. The number of ether oxygens (including phenoxy) is 1. The van der Waals surface area contributed by atoms with Crippen LogP contribution in [0.4, 0.5) is 11.6 Å². The van der Waals surface area contributed by atoms with Gasteiger partial charge in [-0.05, 0) is 68.7 Å². The second kappa shape index (κ2) is 22.2. The summed E-state index contributed by atoms with van der Waals surface area (Å²) in [5.41, 5.74) is 8.38. The zero-order valence-electron chi connectivity index (χ0n) is 40.3. The van der Waals surface area contributed by atoms with Crippen molar-refractivity contribution in [1.29, 1.82) is 5.26 Å². The first-order chi connectivity index (χ1) is 33.7. The number of aromatic nitrogens is 6. The summed E-state index contributed by atoms with van der Waals surface area (Å²) in [4.78, 5) is 64.0. The van der Waals surface area contributed by atoms with Crippen molar-refractivity contribution in [3.63, 3.8) is 0 Å². The second-order valence-corrected chi connectivity index (χ2v) is 21.1. The van der Waals surface area contributed by atoms with Crippen LogP contribution in [0.5, 0.6) is 5.75 Å². The third-order valence-electron chi connectivity index (χ3n) is 14.3. The molecule has 5 N–H and O–H groups in total. The minimum atomic E-state index is -0.887. The van der Waals surface area contributed by atoms with Gasteiger partial charge >= 0.3 is 0 Å². The van der Waals surface area contributed by atoms with E-state index in [9.17, 15) is 29.9 Å². The molecule has 4 aromatic rings. The first kappa shape index (κ1) is 50.8. The average molecular weight is 999 g/mol. The molecule has 1 aromatic carbocycles. The number of carbonyl (C=O) groups is 3. The number of β-amino-alcohol motifs (C(OH)–C–C–N with tert-alkyl or cyclic N) is 1. The van der Waals surface area contributed by atoms with Gasteiger partial charge in [-0.25, -0.2) is 19.6 Å². The topological polar surface area (TPSA) is 245 Å². The smallest absolute Gasteiger partial charge is 0.248 e. The van der Waals surface area contributed by atoms with E-state index >= 15 is 0 Å². The highest BCUT2D eigenvalue weighted by atomic mass is 35.5. The molecule has 0 spiro atoms. The fourth-order valence-corrected chi connectivity index (χ4v) is 11.1. The Morgan fingerprint density at radius 3 is 2.43 bits per heavy atom. The number of benzene rings is 1. The number of piperidine rings is 3. The van der Waals surface area contributed by atoms with Crippen molar-refractivity contribution in [2.75, 3.05) is 62.2 Å². The first-order valence-electron chi connectivity index (χ1n) is 24.3. The minimum absolute atomic E-state index is 0.0250. The van der Waals surface area contributed by atoms with Crippen LogP contribution in [0.25, 0.3) is 0 Å². The maximum atomic E-state index is 13.9. The van der Waals surface area contributed by atoms with Crippen LogP contribution >= 0.6 is 23.4 Å². The molecule has 4 saturated heterocycles. The number of nitrogens with one attached hydrogen (secondary N) is 1. The number of aliphatic hydroxyl groups is 2. The molecule has 21 heteroatoms. The number of nitrogens with zero attached hydrogens (tertiary/aromatic N) is 11. The molecule has 374 valence electrons. The molecule has 4 fully saturated rings. The number of nitriles is 1. The number of hydrogen-bond donors (Lipinski definition) is 4. The van der Waals surface area contributed by atoms with E-state index in [1.807, 2.05) is 24.8 Å². The fourth-order valence-electron chi connectivity index (χ4n) is 9.94. The van der Waals surface area contributed by atoms with Crippen molar-refractivity contribution < 1.29 is 29.3 Å². The lowest BCUT2D eigenvalue weighted by molar-refractivity contribution is -0.142. The van der Waals surface area contributed by atoms with Gasteiger partial charge in [0.2, 0.25) is 17.7 Å². The van der Waals surface area contributed by atoms with Crippen molar-refractivity contribution in [3.05, 3.63) is 70.4 Å². The third kappa shape index (κ3) is 11.4. The van der Waals surface area contributed by atoms with Crippen LogP contribution in [0, 0.1) is 35.5 Å². The number of anilines is 2. The van der Waals surface area contributed by atoms with Gasteiger partial charge in [0.25, 0.3) is 0 Å². The molecule has 70 heavy (non-hydrogen) atoms. The Labute approximate surface area is 418 Å². The van der Waals surface area contributed by atoms with Crippen LogP contribution in [-0.4, -0.2) is 138 Å². The van der Waals surface area contributed by atoms with E-state index in [-0.39, 0.29) is 61.3 Å². The first-order valence-corrected chi connectivity index (χ1v) is 25.5. The summed E-state index contributed by atoms with van der Waals surface area (Å²) in [6, 6.07) is 7.52. The van der Waals surface area contributed by atoms with Gasteiger partial charge in [0.15, 0.2) is 5.82 Å². The van der Waals surface area contributed by atoms with Gasteiger partial charge in [-0.3, -0.25) is 14.4 Å². The molecule has 0 bridgehead atoms. The van der Waals surface area contributed by atoms with E-state index in [0.717, 1.165) is 30.8 Å². The van der Waals surface area contributed by atoms with E-state index in [1.165, 1.54) is 21.3 Å². The third-order valence-corrected chi connectivity index (χ3v) is 15.7. The highest BCUT2D eigenvalue weighted by Gasteiger charge is 2.43. The van der Waals surface area contributed by atoms with Crippen LogP contribution in [0.3, 0.4) is 0 Å². The molecule has 7 heterocycles. The predicted octanol–water partition coefficient (Wildman–Crippen LogP) is 4.27. The van der Waals surface area contributed by atoms with Crippen LogP contribution < -0.4 is 25.6 Å². The molecule has 0 saturated carbocycles. The van der Waals surface area contributed by atoms with Gasteiger partial charge in [0, 0.05) is 100 Å². The minimum Gasteiger partial charge on any atom is -0.490 e. The molecule has 4 aliphatic heterocycles. The highest BCUT2D eigenvalue weighted by molar-refractivity contribution is 7.99. The number of amides is 3. The zero-order chi connectivity index (χ0) is 49.7. The molecule has 0 radical (unpaired) electrons. The Morgan fingerprint density at radius 1 is 1.04 bits per heavy atom. The maximum Gasteiger partial charge on any atom is 0.248 e. The fraction of sp³-hybridized carbons (Fsp3) is 0.571. The number of halogens is 1. The Kier molecular flexibility index (Phi) is 16.1. The Hall–Kier alpha value is -5.59. The van der Waals surface area contributed by atoms with Crippen LogP contribution in [0.2, 0.25) is 5.02 Å². The van der Waals surface area contributed by atoms with Gasteiger partial charge in [0.05, 0.1) is 41.3 Å². The predicted molar refractivity (Wildman–Crippen MR) is 263 cm³/mol. The van der Waals surface area contributed by atoms with Crippen molar-refractivity contribution in [1.82, 2.24) is 45.1 Å². The number of aliphatic hydroxyl groups excluding tert-OH is 2. The highest BCUT2D eigenvalue weighted by Crippen LogP contribution is 2.40. The van der Waals surface area contributed by atoms with E-state index in [1.54, 1.807) is 43.7 Å². The standard InChI is InChI=1S/C49H64ClN13O6S/c1-30(2)43(63-26-31(3)57-58-63)48(68)62-27-35(65)22-38(62)46(66)55-24-34-6-5-32(23-51)21-39(34)69-36-10-17-61(18-11-36)47(67)33-8-15-59(16-9-33)45-42(50)40(7-14-53-45)70-41-25-54-44(37(28-64)56-41)60-19-12-49(4,29-52)13-20-60/h5-7,14,21,25-26,30,33,35-36,38,43,64-65H,8-13,15-20,22,24,27-29,52H2,1-4H3,(H,55,66)/t35-,38+,43+/m1/s1.